The first-order valence-corrected chi connectivity index (χ1v) is 9.68. The van der Waals surface area contributed by atoms with Gasteiger partial charge in [0.2, 0.25) is 0 Å². The first kappa shape index (κ1) is 18.6. The molecule has 0 aromatic carbocycles. The highest BCUT2D eigenvalue weighted by molar-refractivity contribution is 7.98. The third-order valence-corrected chi connectivity index (χ3v) is 4.69. The first-order valence-electron chi connectivity index (χ1n) is 8.45. The summed E-state index contributed by atoms with van der Waals surface area (Å²) < 4.78 is 13.3. The Kier molecular flexibility index (Phi) is 5.41. The molecule has 0 bridgehead atoms. The maximum atomic E-state index is 13.3. The minimum absolute atomic E-state index is 0.206. The van der Waals surface area contributed by atoms with E-state index in [1.165, 1.54) is 18.0 Å². The van der Waals surface area contributed by atoms with Gasteiger partial charge in [0.15, 0.2) is 5.16 Å². The van der Waals surface area contributed by atoms with Crippen molar-refractivity contribution in [2.75, 3.05) is 18.2 Å². The highest BCUT2D eigenvalue weighted by Gasteiger charge is 2.26. The molecule has 0 unspecified atom stereocenters. The maximum absolute atomic E-state index is 13.3. The molecule has 1 saturated carbocycles. The molecule has 1 aliphatic rings. The van der Waals surface area contributed by atoms with Crippen molar-refractivity contribution in [2.45, 2.75) is 43.3 Å². The average Bonchev–Trinajstić information content (AvgIpc) is 3.45. The van der Waals surface area contributed by atoms with Crippen LogP contribution in [0.5, 0.6) is 0 Å². The Balaban J connectivity index is 1.90. The second-order valence-electron chi connectivity index (χ2n) is 6.92. The number of aromatic nitrogens is 3. The van der Waals surface area contributed by atoms with Crippen molar-refractivity contribution >= 4 is 29.3 Å². The molecular formula is C18H22FN5OS. The number of alkyl halides is 1. The summed E-state index contributed by atoms with van der Waals surface area (Å²) in [6.07, 6.45) is 5.39. The lowest BCUT2D eigenvalue weighted by atomic mass is 9.90. The number of nitrogens with zero attached hydrogens (tertiary/aromatic N) is 3. The molecule has 3 rings (SSSR count). The molecule has 26 heavy (non-hydrogen) atoms. The zero-order valence-electron chi connectivity index (χ0n) is 15.0. The summed E-state index contributed by atoms with van der Waals surface area (Å²) in [6, 6.07) is 5.60. The van der Waals surface area contributed by atoms with E-state index in [9.17, 15) is 9.18 Å². The summed E-state index contributed by atoms with van der Waals surface area (Å²) in [7, 11) is 0. The van der Waals surface area contributed by atoms with Gasteiger partial charge in [-0.25, -0.2) is 15.0 Å². The quantitative estimate of drug-likeness (QED) is 0.570. The highest BCUT2D eigenvalue weighted by atomic mass is 32.2. The Hall–Kier alpha value is -2.22. The molecule has 6 nitrogen and oxygen atoms in total. The number of hydrogen-bond acceptors (Lipinski definition) is 6. The van der Waals surface area contributed by atoms with Crippen LogP contribution in [0.3, 0.4) is 0 Å². The predicted octanol–water partition coefficient (Wildman–Crippen LogP) is 3.48. The molecule has 0 aliphatic heterocycles. The lowest BCUT2D eigenvalue weighted by Crippen LogP contribution is -2.27. The van der Waals surface area contributed by atoms with E-state index in [0.29, 0.717) is 28.0 Å². The molecule has 2 N–H and O–H groups in total. The Morgan fingerprint density at radius 2 is 2.12 bits per heavy atom. The van der Waals surface area contributed by atoms with Gasteiger partial charge in [-0.05, 0) is 31.2 Å². The summed E-state index contributed by atoms with van der Waals surface area (Å²) in [5.41, 5.74) is 0.319. The largest absolute Gasteiger partial charge is 0.349 e. The third-order valence-electron chi connectivity index (χ3n) is 4.13. The van der Waals surface area contributed by atoms with Gasteiger partial charge in [0.1, 0.15) is 23.9 Å². The van der Waals surface area contributed by atoms with Crippen LogP contribution >= 0.6 is 11.8 Å². The molecule has 138 valence electrons. The summed E-state index contributed by atoms with van der Waals surface area (Å²) in [6.45, 7) is 3.08. The van der Waals surface area contributed by atoms with Gasteiger partial charge >= 0.3 is 0 Å². The number of carbonyl (C=O) groups excluding carboxylic acids is 1. The van der Waals surface area contributed by atoms with Crippen LogP contribution < -0.4 is 10.6 Å². The van der Waals surface area contributed by atoms with Gasteiger partial charge in [-0.1, -0.05) is 31.7 Å². The summed E-state index contributed by atoms with van der Waals surface area (Å²) in [4.78, 5) is 25.6. The van der Waals surface area contributed by atoms with Crippen LogP contribution in [0, 0.1) is 0 Å². The van der Waals surface area contributed by atoms with E-state index in [1.54, 1.807) is 26.0 Å². The monoisotopic (exact) mass is 375 g/mol. The van der Waals surface area contributed by atoms with Gasteiger partial charge in [0.25, 0.3) is 5.91 Å². The molecule has 8 heteroatoms. The van der Waals surface area contributed by atoms with Gasteiger partial charge in [0, 0.05) is 17.7 Å². The second kappa shape index (κ2) is 7.57. The summed E-state index contributed by atoms with van der Waals surface area (Å²) in [5.74, 6) is 0.698. The number of amides is 1. The molecule has 2 aromatic rings. The number of anilines is 2. The van der Waals surface area contributed by atoms with Gasteiger partial charge < -0.3 is 10.6 Å². The predicted molar refractivity (Wildman–Crippen MR) is 101 cm³/mol. The SMILES string of the molecule is CSc1ncc(C(=O)NC2CC2)c(Nc2cccc(C(C)(C)CF)n2)n1. The molecule has 1 aliphatic carbocycles. The van der Waals surface area contributed by atoms with Gasteiger partial charge in [-0.3, -0.25) is 9.18 Å². The van der Waals surface area contributed by atoms with E-state index in [2.05, 4.69) is 25.6 Å². The van der Waals surface area contributed by atoms with Gasteiger partial charge in [-0.2, -0.15) is 0 Å². The Morgan fingerprint density at radius 3 is 2.77 bits per heavy atom. The van der Waals surface area contributed by atoms with Crippen LogP contribution in [-0.4, -0.2) is 39.8 Å². The molecule has 2 aromatic heterocycles. The van der Waals surface area contributed by atoms with E-state index in [4.69, 9.17) is 0 Å². The number of rotatable bonds is 7. The van der Waals surface area contributed by atoms with Gasteiger partial charge in [-0.15, -0.1) is 0 Å². The third kappa shape index (κ3) is 4.30. The van der Waals surface area contributed by atoms with Crippen LogP contribution in [0.15, 0.2) is 29.6 Å². The van der Waals surface area contributed by atoms with Crippen molar-refractivity contribution in [1.82, 2.24) is 20.3 Å². The van der Waals surface area contributed by atoms with Crippen molar-refractivity contribution in [3.05, 3.63) is 35.7 Å². The number of hydrogen-bond donors (Lipinski definition) is 2. The van der Waals surface area contributed by atoms with Crippen molar-refractivity contribution in [3.8, 4) is 0 Å². The molecule has 0 atom stereocenters. The number of carbonyl (C=O) groups is 1. The van der Waals surface area contributed by atoms with Crippen molar-refractivity contribution in [1.29, 1.82) is 0 Å². The van der Waals surface area contributed by atoms with E-state index in [-0.39, 0.29) is 11.9 Å². The zero-order chi connectivity index (χ0) is 18.7. The minimum Gasteiger partial charge on any atom is -0.349 e. The lowest BCUT2D eigenvalue weighted by Gasteiger charge is -2.20. The minimum atomic E-state index is -0.681. The average molecular weight is 375 g/mol. The zero-order valence-corrected chi connectivity index (χ0v) is 15.9. The summed E-state index contributed by atoms with van der Waals surface area (Å²) >= 11 is 1.39. The lowest BCUT2D eigenvalue weighted by molar-refractivity contribution is 0.0951. The normalized spacial score (nSPS) is 14.2. The van der Waals surface area contributed by atoms with E-state index < -0.39 is 12.1 Å². The fourth-order valence-electron chi connectivity index (χ4n) is 2.29. The van der Waals surface area contributed by atoms with Crippen LogP contribution in [0.1, 0.15) is 42.7 Å². The number of thioether (sulfide) groups is 1. The van der Waals surface area contributed by atoms with Crippen LogP contribution in [0.2, 0.25) is 0 Å². The number of pyridine rings is 1. The van der Waals surface area contributed by atoms with E-state index >= 15 is 0 Å². The molecule has 0 spiro atoms. The molecule has 1 amide bonds. The van der Waals surface area contributed by atoms with Crippen molar-refractivity contribution < 1.29 is 9.18 Å². The molecule has 0 radical (unpaired) electrons. The van der Waals surface area contributed by atoms with E-state index in [1.807, 2.05) is 12.3 Å². The van der Waals surface area contributed by atoms with Crippen LogP contribution in [0.4, 0.5) is 16.0 Å². The second-order valence-corrected chi connectivity index (χ2v) is 7.69. The smallest absolute Gasteiger partial charge is 0.256 e. The number of nitrogens with one attached hydrogen (secondary N) is 2. The van der Waals surface area contributed by atoms with Gasteiger partial charge in [0.05, 0.1) is 5.69 Å². The maximum Gasteiger partial charge on any atom is 0.256 e. The molecule has 2 heterocycles. The Morgan fingerprint density at radius 1 is 1.35 bits per heavy atom. The fourth-order valence-corrected chi connectivity index (χ4v) is 2.63. The van der Waals surface area contributed by atoms with Crippen molar-refractivity contribution in [3.63, 3.8) is 0 Å². The molecule has 1 fully saturated rings. The molecular weight excluding hydrogens is 353 g/mol. The van der Waals surface area contributed by atoms with Crippen LogP contribution in [0.25, 0.3) is 0 Å². The Bertz CT molecular complexity index is 810. The number of halogens is 1. The first-order chi connectivity index (χ1) is 12.4. The van der Waals surface area contributed by atoms with Crippen LogP contribution in [-0.2, 0) is 5.41 Å². The fraction of sp³-hybridized carbons (Fsp3) is 0.444. The van der Waals surface area contributed by atoms with E-state index in [0.717, 1.165) is 12.8 Å². The Labute approximate surface area is 156 Å². The molecule has 0 saturated heterocycles. The highest BCUT2D eigenvalue weighted by Crippen LogP contribution is 2.26. The summed E-state index contributed by atoms with van der Waals surface area (Å²) in [5, 5.41) is 6.59. The topological polar surface area (TPSA) is 79.8 Å². The standard InChI is InChI=1S/C18H22FN5OS/c1-18(2,10-19)13-5-4-6-14(22-13)23-15-12(9-20-17(24-15)26-3)16(25)21-11-7-8-11/h4-6,9,11H,7-8,10H2,1-3H3,(H,21,25)(H,20,22,23,24). The van der Waals surface area contributed by atoms with Crippen molar-refractivity contribution in [2.24, 2.45) is 0 Å².